The highest BCUT2D eigenvalue weighted by molar-refractivity contribution is 8.00. The third kappa shape index (κ3) is 3.32. The molecule has 0 bridgehead atoms. The number of rotatable bonds is 4. The van der Waals surface area contributed by atoms with Crippen LogP contribution in [0.25, 0.3) is 0 Å². The van der Waals surface area contributed by atoms with E-state index in [-0.39, 0.29) is 5.91 Å². The van der Waals surface area contributed by atoms with Crippen LogP contribution in [0, 0.1) is 6.92 Å². The standard InChI is InChI=1S/C17H19NO2S/c1-12-14(10-11-20-12)17(19)18-15-8-4-5-9-16(15)21-13-6-2-3-7-13/h4-5,8-11,13H,2-3,6-7H2,1H3,(H,18,19). The molecule has 1 aromatic carbocycles. The van der Waals surface area contributed by atoms with Gasteiger partial charge >= 0.3 is 0 Å². The monoisotopic (exact) mass is 301 g/mol. The van der Waals surface area contributed by atoms with Crippen molar-refractivity contribution in [2.24, 2.45) is 0 Å². The number of furan rings is 1. The fraction of sp³-hybridized carbons (Fsp3) is 0.353. The summed E-state index contributed by atoms with van der Waals surface area (Å²) in [6.45, 7) is 1.80. The van der Waals surface area contributed by atoms with Gasteiger partial charge < -0.3 is 9.73 Å². The zero-order valence-electron chi connectivity index (χ0n) is 12.1. The zero-order valence-corrected chi connectivity index (χ0v) is 12.9. The Morgan fingerprint density at radius 2 is 2.00 bits per heavy atom. The Balaban J connectivity index is 1.75. The zero-order chi connectivity index (χ0) is 14.7. The molecule has 0 unspecified atom stereocenters. The number of thioether (sulfide) groups is 1. The van der Waals surface area contributed by atoms with Crippen LogP contribution < -0.4 is 5.32 Å². The first kappa shape index (κ1) is 14.3. The van der Waals surface area contributed by atoms with Gasteiger partial charge in [-0.15, -0.1) is 11.8 Å². The number of aryl methyl sites for hydroxylation is 1. The highest BCUT2D eigenvalue weighted by Crippen LogP contribution is 2.38. The SMILES string of the molecule is Cc1occc1C(=O)Nc1ccccc1SC1CCCC1. The fourth-order valence-corrected chi connectivity index (χ4v) is 4.00. The van der Waals surface area contributed by atoms with Gasteiger partial charge in [0.2, 0.25) is 0 Å². The highest BCUT2D eigenvalue weighted by atomic mass is 32.2. The molecule has 0 aliphatic heterocycles. The Morgan fingerprint density at radius 3 is 2.71 bits per heavy atom. The van der Waals surface area contributed by atoms with Crippen molar-refractivity contribution in [3.8, 4) is 0 Å². The molecule has 4 heteroatoms. The molecule has 1 aromatic heterocycles. The van der Waals surface area contributed by atoms with E-state index in [0.717, 1.165) is 10.6 Å². The predicted octanol–water partition coefficient (Wildman–Crippen LogP) is 4.88. The van der Waals surface area contributed by atoms with Gasteiger partial charge in [-0.2, -0.15) is 0 Å². The lowest BCUT2D eigenvalue weighted by atomic mass is 10.2. The maximum atomic E-state index is 12.3. The molecule has 0 radical (unpaired) electrons. The van der Waals surface area contributed by atoms with Crippen LogP contribution in [0.2, 0.25) is 0 Å². The molecule has 3 nitrogen and oxygen atoms in total. The number of hydrogen-bond acceptors (Lipinski definition) is 3. The number of carbonyl (C=O) groups is 1. The number of nitrogens with one attached hydrogen (secondary N) is 1. The quantitative estimate of drug-likeness (QED) is 0.875. The van der Waals surface area contributed by atoms with Crippen LogP contribution in [-0.4, -0.2) is 11.2 Å². The third-order valence-corrected chi connectivity index (χ3v) is 5.25. The van der Waals surface area contributed by atoms with E-state index < -0.39 is 0 Å². The molecule has 0 spiro atoms. The number of carbonyl (C=O) groups excluding carboxylic acids is 1. The number of para-hydroxylation sites is 1. The molecule has 21 heavy (non-hydrogen) atoms. The van der Waals surface area contributed by atoms with Gasteiger partial charge in [-0.1, -0.05) is 25.0 Å². The van der Waals surface area contributed by atoms with Crippen LogP contribution in [0.1, 0.15) is 41.8 Å². The summed E-state index contributed by atoms with van der Waals surface area (Å²) in [5.74, 6) is 0.536. The molecule has 0 atom stereocenters. The van der Waals surface area contributed by atoms with Gasteiger partial charge in [-0.25, -0.2) is 0 Å². The van der Waals surface area contributed by atoms with Crippen molar-refractivity contribution < 1.29 is 9.21 Å². The summed E-state index contributed by atoms with van der Waals surface area (Å²) in [4.78, 5) is 13.5. The summed E-state index contributed by atoms with van der Waals surface area (Å²) in [7, 11) is 0. The molecule has 1 amide bonds. The molecule has 110 valence electrons. The summed E-state index contributed by atoms with van der Waals surface area (Å²) < 4.78 is 5.20. The summed E-state index contributed by atoms with van der Waals surface area (Å²) in [5.41, 5.74) is 1.48. The van der Waals surface area contributed by atoms with Crippen LogP contribution in [-0.2, 0) is 0 Å². The number of hydrogen-bond donors (Lipinski definition) is 1. The molecule has 0 saturated heterocycles. The summed E-state index contributed by atoms with van der Waals surface area (Å²) >= 11 is 1.88. The van der Waals surface area contributed by atoms with Crippen molar-refractivity contribution in [2.45, 2.75) is 42.8 Å². The molecule has 1 fully saturated rings. The summed E-state index contributed by atoms with van der Waals surface area (Å²) in [6, 6.07) is 9.73. The van der Waals surface area contributed by atoms with E-state index in [2.05, 4.69) is 11.4 Å². The molecular weight excluding hydrogens is 282 g/mol. The minimum absolute atomic E-state index is 0.110. The lowest BCUT2D eigenvalue weighted by Crippen LogP contribution is -2.13. The predicted molar refractivity (Wildman–Crippen MR) is 86.0 cm³/mol. The molecule has 1 aliphatic rings. The Kier molecular flexibility index (Phi) is 4.34. The topological polar surface area (TPSA) is 42.2 Å². The van der Waals surface area contributed by atoms with Gasteiger partial charge in [0.25, 0.3) is 5.91 Å². The highest BCUT2D eigenvalue weighted by Gasteiger charge is 2.19. The Labute approximate surface area is 129 Å². The van der Waals surface area contributed by atoms with Gasteiger partial charge in [-0.05, 0) is 38.0 Å². The number of benzene rings is 1. The third-order valence-electron chi connectivity index (χ3n) is 3.83. The van der Waals surface area contributed by atoms with Crippen molar-refractivity contribution in [3.05, 3.63) is 47.9 Å². The second-order valence-electron chi connectivity index (χ2n) is 5.37. The van der Waals surface area contributed by atoms with E-state index in [1.165, 1.54) is 25.7 Å². The first-order valence-electron chi connectivity index (χ1n) is 7.35. The number of amides is 1. The van der Waals surface area contributed by atoms with Crippen molar-refractivity contribution in [1.29, 1.82) is 0 Å². The van der Waals surface area contributed by atoms with E-state index in [0.29, 0.717) is 16.6 Å². The van der Waals surface area contributed by atoms with E-state index >= 15 is 0 Å². The van der Waals surface area contributed by atoms with E-state index in [1.807, 2.05) is 30.0 Å². The number of anilines is 1. The van der Waals surface area contributed by atoms with Crippen LogP contribution in [0.5, 0.6) is 0 Å². The first-order chi connectivity index (χ1) is 10.2. The fourth-order valence-electron chi connectivity index (χ4n) is 2.67. The van der Waals surface area contributed by atoms with E-state index in [9.17, 15) is 4.79 Å². The lowest BCUT2D eigenvalue weighted by molar-refractivity contribution is 0.102. The lowest BCUT2D eigenvalue weighted by Gasteiger charge is -2.13. The molecule has 1 heterocycles. The van der Waals surface area contributed by atoms with E-state index in [4.69, 9.17) is 4.42 Å². The Hall–Kier alpha value is -1.68. The first-order valence-corrected chi connectivity index (χ1v) is 8.23. The van der Waals surface area contributed by atoms with Crippen molar-refractivity contribution >= 4 is 23.4 Å². The average molecular weight is 301 g/mol. The molecule has 2 aromatic rings. The maximum Gasteiger partial charge on any atom is 0.259 e. The van der Waals surface area contributed by atoms with Gasteiger partial charge in [0.15, 0.2) is 0 Å². The maximum absolute atomic E-state index is 12.3. The normalized spacial score (nSPS) is 15.3. The van der Waals surface area contributed by atoms with Gasteiger partial charge in [-0.3, -0.25) is 4.79 Å². The van der Waals surface area contributed by atoms with Crippen molar-refractivity contribution in [3.63, 3.8) is 0 Å². The van der Waals surface area contributed by atoms with Crippen LogP contribution in [0.4, 0.5) is 5.69 Å². The largest absolute Gasteiger partial charge is 0.469 e. The minimum Gasteiger partial charge on any atom is -0.469 e. The Bertz CT molecular complexity index is 629. The van der Waals surface area contributed by atoms with Crippen molar-refractivity contribution in [2.75, 3.05) is 5.32 Å². The van der Waals surface area contributed by atoms with Gasteiger partial charge in [0, 0.05) is 10.1 Å². The summed E-state index contributed by atoms with van der Waals surface area (Å²) in [5, 5.41) is 3.69. The molecular formula is C17H19NO2S. The van der Waals surface area contributed by atoms with Crippen LogP contribution in [0.3, 0.4) is 0 Å². The molecule has 1 N–H and O–H groups in total. The van der Waals surface area contributed by atoms with Crippen LogP contribution >= 0.6 is 11.8 Å². The second kappa shape index (κ2) is 6.39. The van der Waals surface area contributed by atoms with E-state index in [1.54, 1.807) is 19.3 Å². The molecule has 1 saturated carbocycles. The molecule has 1 aliphatic carbocycles. The molecule has 3 rings (SSSR count). The Morgan fingerprint density at radius 1 is 1.24 bits per heavy atom. The van der Waals surface area contributed by atoms with Crippen LogP contribution in [0.15, 0.2) is 45.9 Å². The minimum atomic E-state index is -0.110. The average Bonchev–Trinajstić information content (AvgIpc) is 3.12. The van der Waals surface area contributed by atoms with Gasteiger partial charge in [0.05, 0.1) is 17.5 Å². The van der Waals surface area contributed by atoms with Crippen molar-refractivity contribution in [1.82, 2.24) is 0 Å². The van der Waals surface area contributed by atoms with Gasteiger partial charge in [0.1, 0.15) is 5.76 Å². The summed E-state index contributed by atoms with van der Waals surface area (Å²) in [6.07, 6.45) is 6.73. The smallest absolute Gasteiger partial charge is 0.259 e. The second-order valence-corrected chi connectivity index (χ2v) is 6.71.